The molecule has 0 radical (unpaired) electrons. The highest BCUT2D eigenvalue weighted by atomic mass is 32.2. The fourth-order valence-corrected chi connectivity index (χ4v) is 8.57. The number of fused-ring (bicyclic) bond motifs is 1. The number of carbonyl (C=O) groups excluding carboxylic acids is 1. The van der Waals surface area contributed by atoms with Gasteiger partial charge in [0, 0.05) is 36.3 Å². The molecule has 5 rings (SSSR count). The highest BCUT2D eigenvalue weighted by molar-refractivity contribution is 8.02. The van der Waals surface area contributed by atoms with Crippen LogP contribution in [-0.4, -0.2) is 71.5 Å². The van der Waals surface area contributed by atoms with E-state index in [0.717, 1.165) is 4.31 Å². The summed E-state index contributed by atoms with van der Waals surface area (Å²) in [4.78, 5) is 47.7. The Balaban J connectivity index is 1.38. The summed E-state index contributed by atoms with van der Waals surface area (Å²) in [5, 5.41) is 12.6. The molecular formula is C31H36N6O6S2. The molecule has 0 unspecified atom stereocenters. The largest absolute Gasteiger partial charge is 0.480 e. The number of carboxylic acid groups (broad SMARTS) is 1. The molecule has 1 aliphatic heterocycles. The van der Waals surface area contributed by atoms with E-state index in [0.29, 0.717) is 29.0 Å². The van der Waals surface area contributed by atoms with Gasteiger partial charge >= 0.3 is 11.7 Å². The molecule has 2 N–H and O–H groups in total. The molecule has 14 heteroatoms. The number of nitrogens with one attached hydrogen (secondary N) is 1. The van der Waals surface area contributed by atoms with Crippen molar-refractivity contribution < 1.29 is 23.1 Å². The maximum Gasteiger partial charge on any atom is 0.334 e. The third-order valence-corrected chi connectivity index (χ3v) is 10.9. The van der Waals surface area contributed by atoms with E-state index in [-0.39, 0.29) is 28.3 Å². The predicted octanol–water partition coefficient (Wildman–Crippen LogP) is 3.28. The second-order valence-corrected chi connectivity index (χ2v) is 16.2. The molecule has 45 heavy (non-hydrogen) atoms. The summed E-state index contributed by atoms with van der Waals surface area (Å²) in [7, 11) is -4.07. The number of sulfonamides is 1. The molecule has 4 heterocycles. The van der Waals surface area contributed by atoms with Gasteiger partial charge in [-0.1, -0.05) is 32.9 Å². The van der Waals surface area contributed by atoms with Gasteiger partial charge in [-0.25, -0.2) is 27.6 Å². The average Bonchev–Trinajstić information content (AvgIpc) is 3.45. The van der Waals surface area contributed by atoms with Gasteiger partial charge < -0.3 is 10.4 Å². The van der Waals surface area contributed by atoms with E-state index in [1.165, 1.54) is 40.9 Å². The molecule has 3 aromatic heterocycles. The van der Waals surface area contributed by atoms with Crippen LogP contribution >= 0.6 is 11.8 Å². The van der Waals surface area contributed by atoms with E-state index in [9.17, 15) is 27.9 Å². The van der Waals surface area contributed by atoms with Crippen LogP contribution in [0, 0.1) is 5.41 Å². The Labute approximate surface area is 265 Å². The number of carbonyl (C=O) groups is 2. The molecule has 0 spiro atoms. The van der Waals surface area contributed by atoms with Crippen LogP contribution in [0.5, 0.6) is 0 Å². The van der Waals surface area contributed by atoms with Crippen molar-refractivity contribution >= 4 is 44.8 Å². The Morgan fingerprint density at radius 3 is 2.42 bits per heavy atom. The van der Waals surface area contributed by atoms with Gasteiger partial charge in [-0.15, -0.1) is 11.8 Å². The quantitative estimate of drug-likeness (QED) is 0.277. The SMILES string of the molecule is CC(C)(C)Cn1c(=O)n(-c2ccc(C[C@H](NC(=O)[C@H]3N(S(=O)(=O)c4cccnc4)CSC3(C)C)C(=O)O)cc2)c2ncccc21. The van der Waals surface area contributed by atoms with E-state index < -0.39 is 38.7 Å². The van der Waals surface area contributed by atoms with Crippen molar-refractivity contribution in [3.05, 3.63) is 83.2 Å². The molecule has 2 atom stereocenters. The van der Waals surface area contributed by atoms with E-state index in [1.807, 2.05) is 6.07 Å². The summed E-state index contributed by atoms with van der Waals surface area (Å²) >= 11 is 1.29. The number of aromatic nitrogens is 4. The van der Waals surface area contributed by atoms with Gasteiger partial charge in [0.2, 0.25) is 15.9 Å². The number of thioether (sulfide) groups is 1. The zero-order valence-corrected chi connectivity index (χ0v) is 27.3. The lowest BCUT2D eigenvalue weighted by Gasteiger charge is -2.30. The van der Waals surface area contributed by atoms with Gasteiger partial charge in [0.05, 0.1) is 17.1 Å². The second kappa shape index (κ2) is 12.1. The summed E-state index contributed by atoms with van der Waals surface area (Å²) in [5.74, 6) is -1.93. The van der Waals surface area contributed by atoms with Crippen molar-refractivity contribution in [3.63, 3.8) is 0 Å². The number of rotatable bonds is 9. The van der Waals surface area contributed by atoms with Gasteiger partial charge in [-0.2, -0.15) is 4.31 Å². The first-order valence-electron chi connectivity index (χ1n) is 14.3. The van der Waals surface area contributed by atoms with Crippen LogP contribution in [0.2, 0.25) is 0 Å². The minimum absolute atomic E-state index is 0.0297. The van der Waals surface area contributed by atoms with Gasteiger partial charge in [0.1, 0.15) is 17.0 Å². The summed E-state index contributed by atoms with van der Waals surface area (Å²) in [6.07, 6.45) is 4.24. The topological polar surface area (TPSA) is 156 Å². The van der Waals surface area contributed by atoms with Crippen LogP contribution in [0.25, 0.3) is 16.9 Å². The Hall–Kier alpha value is -4.01. The number of pyridine rings is 2. The van der Waals surface area contributed by atoms with Crippen LogP contribution in [0.4, 0.5) is 0 Å². The minimum atomic E-state index is -4.07. The van der Waals surface area contributed by atoms with Crippen LogP contribution in [0.1, 0.15) is 40.2 Å². The molecule has 0 bridgehead atoms. The third-order valence-electron chi connectivity index (χ3n) is 7.57. The van der Waals surface area contributed by atoms with Crippen molar-refractivity contribution in [3.8, 4) is 5.69 Å². The van der Waals surface area contributed by atoms with Crippen LogP contribution in [0.3, 0.4) is 0 Å². The smallest absolute Gasteiger partial charge is 0.334 e. The monoisotopic (exact) mass is 652 g/mol. The number of hydrogen-bond acceptors (Lipinski definition) is 8. The molecule has 1 aromatic carbocycles. The lowest BCUT2D eigenvalue weighted by atomic mass is 9.97. The molecule has 1 fully saturated rings. The summed E-state index contributed by atoms with van der Waals surface area (Å²) < 4.78 is 30.3. The maximum atomic E-state index is 13.6. The average molecular weight is 653 g/mol. The van der Waals surface area contributed by atoms with Crippen molar-refractivity contribution in [2.45, 2.75) is 69.3 Å². The number of benzene rings is 1. The van der Waals surface area contributed by atoms with Crippen molar-refractivity contribution in [1.29, 1.82) is 0 Å². The summed E-state index contributed by atoms with van der Waals surface area (Å²) in [5.41, 5.74) is 2.01. The molecule has 0 aliphatic carbocycles. The fraction of sp³-hybridized carbons (Fsp3) is 0.387. The number of nitrogens with zero attached hydrogens (tertiary/aromatic N) is 5. The number of amides is 1. The van der Waals surface area contributed by atoms with Gasteiger partial charge in [-0.05, 0) is 61.2 Å². The second-order valence-electron chi connectivity index (χ2n) is 12.7. The molecule has 238 valence electrons. The maximum absolute atomic E-state index is 13.6. The number of hydrogen-bond donors (Lipinski definition) is 2. The molecule has 0 saturated carbocycles. The van der Waals surface area contributed by atoms with Crippen LogP contribution < -0.4 is 11.0 Å². The zero-order valence-electron chi connectivity index (χ0n) is 25.7. The molecule has 1 aliphatic rings. The summed E-state index contributed by atoms with van der Waals surface area (Å²) in [6, 6.07) is 10.9. The fourth-order valence-electron chi connectivity index (χ4n) is 5.43. The first kappa shape index (κ1) is 32.4. The highest BCUT2D eigenvalue weighted by Gasteiger charge is 2.51. The lowest BCUT2D eigenvalue weighted by Crippen LogP contribution is -2.56. The van der Waals surface area contributed by atoms with Crippen molar-refractivity contribution in [2.75, 3.05) is 5.88 Å². The Kier molecular flexibility index (Phi) is 8.68. The summed E-state index contributed by atoms with van der Waals surface area (Å²) in [6.45, 7) is 10.2. The van der Waals surface area contributed by atoms with Crippen molar-refractivity contribution in [2.24, 2.45) is 5.41 Å². The molecule has 1 amide bonds. The first-order valence-corrected chi connectivity index (χ1v) is 16.8. The zero-order chi connectivity index (χ0) is 32.7. The number of imidazole rings is 1. The van der Waals surface area contributed by atoms with Crippen LogP contribution in [0.15, 0.2) is 76.8 Å². The molecule has 12 nitrogen and oxygen atoms in total. The highest BCUT2D eigenvalue weighted by Crippen LogP contribution is 2.42. The minimum Gasteiger partial charge on any atom is -0.480 e. The normalized spacial score (nSPS) is 17.8. The molecule has 4 aromatic rings. The van der Waals surface area contributed by atoms with E-state index in [1.54, 1.807) is 54.9 Å². The van der Waals surface area contributed by atoms with Crippen LogP contribution in [-0.2, 0) is 32.6 Å². The standard InChI is InChI=1S/C31H36N6O6S2/c1-30(2,3)18-35-24-9-7-15-33-26(24)37(29(35)41)21-12-10-20(11-13-21)16-23(28(39)40)34-27(38)25-31(4,5)44-19-36(25)45(42,43)22-8-6-14-32-17-22/h6-15,17,23,25H,16,18-19H2,1-5H3,(H,34,38)(H,39,40)/t23-,25+/m0/s1. The third kappa shape index (κ3) is 6.53. The first-order chi connectivity index (χ1) is 21.1. The Morgan fingerprint density at radius 1 is 1.11 bits per heavy atom. The molecule has 1 saturated heterocycles. The lowest BCUT2D eigenvalue weighted by molar-refractivity contribution is -0.142. The van der Waals surface area contributed by atoms with E-state index in [2.05, 4.69) is 36.1 Å². The van der Waals surface area contributed by atoms with Gasteiger partial charge in [0.15, 0.2) is 5.65 Å². The van der Waals surface area contributed by atoms with Gasteiger partial charge in [0.25, 0.3) is 0 Å². The van der Waals surface area contributed by atoms with Gasteiger partial charge in [-0.3, -0.25) is 14.3 Å². The number of carboxylic acids is 1. The van der Waals surface area contributed by atoms with E-state index in [4.69, 9.17) is 0 Å². The Morgan fingerprint density at radius 2 is 1.80 bits per heavy atom. The Bertz CT molecular complexity index is 1900. The van der Waals surface area contributed by atoms with E-state index >= 15 is 0 Å². The number of aliphatic carboxylic acids is 1. The predicted molar refractivity (Wildman–Crippen MR) is 172 cm³/mol. The molecular weight excluding hydrogens is 617 g/mol. The van der Waals surface area contributed by atoms with Crippen molar-refractivity contribution in [1.82, 2.24) is 28.7 Å².